The third-order valence-corrected chi connectivity index (χ3v) is 4.03. The van der Waals surface area contributed by atoms with Crippen LogP contribution in [0.5, 0.6) is 0 Å². The minimum Gasteiger partial charge on any atom is -0.226 e. The lowest BCUT2D eigenvalue weighted by Crippen LogP contribution is -2.16. The molecular weight excluding hydrogens is 284 g/mol. The number of hydrogen-bond acceptors (Lipinski definition) is 2. The van der Waals surface area contributed by atoms with E-state index in [-0.39, 0.29) is 11.4 Å². The fourth-order valence-electron chi connectivity index (χ4n) is 3.18. The number of hydrogen-bond donors (Lipinski definition) is 0. The average molecular weight is 296 g/mol. The lowest BCUT2D eigenvalue weighted by atomic mass is 9.75. The minimum atomic E-state index is -0.795. The molecule has 23 heavy (non-hydrogen) atoms. The van der Waals surface area contributed by atoms with Crippen molar-refractivity contribution in [2.24, 2.45) is 5.41 Å². The van der Waals surface area contributed by atoms with E-state index in [1.165, 1.54) is 0 Å². The molecule has 0 aliphatic heterocycles. The third kappa shape index (κ3) is 2.20. The van der Waals surface area contributed by atoms with Crippen molar-refractivity contribution in [3.05, 3.63) is 82.3 Å². The van der Waals surface area contributed by atoms with Crippen molar-refractivity contribution in [1.82, 2.24) is 0 Å². The van der Waals surface area contributed by atoms with Gasteiger partial charge in [0.15, 0.2) is 0 Å². The normalized spacial score (nSPS) is 22.7. The summed E-state index contributed by atoms with van der Waals surface area (Å²) >= 11 is 0. The van der Waals surface area contributed by atoms with E-state index >= 15 is 0 Å². The first-order chi connectivity index (χ1) is 11.1. The largest absolute Gasteiger partial charge is 0.266 e. The van der Waals surface area contributed by atoms with E-state index < -0.39 is 5.41 Å². The van der Waals surface area contributed by atoms with Crippen LogP contribution in [0.4, 0.5) is 0 Å². The monoisotopic (exact) mass is 296 g/mol. The number of nitriles is 2. The molecule has 0 saturated heterocycles. The summed E-state index contributed by atoms with van der Waals surface area (Å²) in [4.78, 5) is 6.72. The molecule has 0 saturated carbocycles. The molecule has 0 N–H and O–H groups in total. The van der Waals surface area contributed by atoms with Crippen molar-refractivity contribution in [1.29, 1.82) is 10.5 Å². The third-order valence-electron chi connectivity index (χ3n) is 4.03. The van der Waals surface area contributed by atoms with Gasteiger partial charge in [-0.2, -0.15) is 0 Å². The minimum absolute atomic E-state index is 0.0147. The first-order valence-electron chi connectivity index (χ1n) is 6.84. The molecule has 4 heteroatoms. The average Bonchev–Trinajstić information content (AvgIpc) is 2.81. The second-order valence-corrected chi connectivity index (χ2v) is 5.26. The quantitative estimate of drug-likeness (QED) is 0.455. The fourth-order valence-corrected chi connectivity index (χ4v) is 3.18. The van der Waals surface area contributed by atoms with Crippen LogP contribution in [0.1, 0.15) is 24.5 Å². The molecule has 0 spiro atoms. The van der Waals surface area contributed by atoms with Crippen LogP contribution in [0.2, 0.25) is 0 Å². The van der Waals surface area contributed by atoms with Crippen molar-refractivity contribution in [2.45, 2.75) is 13.3 Å². The van der Waals surface area contributed by atoms with E-state index in [1.54, 1.807) is 6.08 Å². The molecular formula is C19H12N4. The second-order valence-electron chi connectivity index (χ2n) is 5.26. The van der Waals surface area contributed by atoms with Gasteiger partial charge in [-0.3, -0.25) is 0 Å². The molecule has 0 aromatic heterocycles. The molecule has 0 fully saturated rings. The van der Waals surface area contributed by atoms with E-state index in [1.807, 2.05) is 43.3 Å². The van der Waals surface area contributed by atoms with Gasteiger partial charge in [-0.05, 0) is 28.7 Å². The van der Waals surface area contributed by atoms with Crippen molar-refractivity contribution in [3.8, 4) is 12.1 Å². The van der Waals surface area contributed by atoms with Gasteiger partial charge in [0.05, 0.1) is 25.3 Å². The van der Waals surface area contributed by atoms with Gasteiger partial charge in [-0.15, -0.1) is 6.58 Å². The zero-order chi connectivity index (χ0) is 17.0. The zero-order valence-electron chi connectivity index (χ0n) is 12.6. The maximum absolute atomic E-state index is 9.36. The molecule has 108 valence electrons. The molecule has 0 bridgehead atoms. The lowest BCUT2D eigenvalue weighted by molar-refractivity contribution is 0.616. The summed E-state index contributed by atoms with van der Waals surface area (Å²) in [6.45, 7) is 20.2. The summed E-state index contributed by atoms with van der Waals surface area (Å²) < 4.78 is 0. The van der Waals surface area contributed by atoms with Gasteiger partial charge in [0.25, 0.3) is 11.4 Å². The summed E-state index contributed by atoms with van der Waals surface area (Å²) in [5, 5.41) is 18.7. The van der Waals surface area contributed by atoms with Crippen LogP contribution in [0, 0.1) is 41.2 Å². The van der Waals surface area contributed by atoms with Gasteiger partial charge < -0.3 is 0 Å². The zero-order valence-corrected chi connectivity index (χ0v) is 12.6. The Morgan fingerprint density at radius 3 is 1.87 bits per heavy atom. The molecule has 0 radical (unpaired) electrons. The summed E-state index contributed by atoms with van der Waals surface area (Å²) in [6, 6.07) is 11.2. The van der Waals surface area contributed by atoms with E-state index in [9.17, 15) is 10.5 Å². The lowest BCUT2D eigenvalue weighted by Gasteiger charge is -2.28. The van der Waals surface area contributed by atoms with Crippen LogP contribution in [0.15, 0.2) is 48.3 Å². The van der Waals surface area contributed by atoms with Crippen LogP contribution < -0.4 is 0 Å². The van der Waals surface area contributed by atoms with Crippen LogP contribution >= 0.6 is 0 Å². The van der Waals surface area contributed by atoms with Gasteiger partial charge >= 0.3 is 0 Å². The fraction of sp³-hybridized carbons (Fsp3) is 0.158. The Kier molecular flexibility index (Phi) is 4.14. The molecule has 1 aliphatic rings. The van der Waals surface area contributed by atoms with Crippen molar-refractivity contribution >= 4 is 11.1 Å². The first-order valence-corrected chi connectivity index (χ1v) is 6.84. The predicted molar refractivity (Wildman–Crippen MR) is 87.6 cm³/mol. The highest BCUT2D eigenvalue weighted by atomic mass is 14.7. The molecule has 0 heterocycles. The SMILES string of the molecule is [C-]#[N+]/C(C#N)=C1/c2ccccc2/C(=C(\C#N)[N+]#[C-])C1(C)CC=C. The highest BCUT2D eigenvalue weighted by Gasteiger charge is 2.44. The van der Waals surface area contributed by atoms with E-state index in [4.69, 9.17) is 13.1 Å². The van der Waals surface area contributed by atoms with Crippen LogP contribution in [-0.4, -0.2) is 0 Å². The van der Waals surface area contributed by atoms with Gasteiger partial charge in [0.1, 0.15) is 0 Å². The summed E-state index contributed by atoms with van der Waals surface area (Å²) in [5.74, 6) is 0. The van der Waals surface area contributed by atoms with Crippen molar-refractivity contribution < 1.29 is 0 Å². The summed E-state index contributed by atoms with van der Waals surface area (Å²) in [6.07, 6.45) is 2.11. The van der Waals surface area contributed by atoms with Gasteiger partial charge in [-0.1, -0.05) is 37.3 Å². The Hall–Kier alpha value is -3.60. The second kappa shape index (κ2) is 6.03. The molecule has 0 amide bonds. The van der Waals surface area contributed by atoms with Crippen LogP contribution in [0.25, 0.3) is 20.8 Å². The molecule has 1 aromatic rings. The Balaban J connectivity index is 3.07. The maximum Gasteiger partial charge on any atom is 0.266 e. The molecule has 0 atom stereocenters. The molecule has 4 nitrogen and oxygen atoms in total. The Labute approximate surface area is 135 Å². The Bertz CT molecular complexity index is 817. The van der Waals surface area contributed by atoms with E-state index in [0.29, 0.717) is 17.6 Å². The Morgan fingerprint density at radius 1 is 1.13 bits per heavy atom. The van der Waals surface area contributed by atoms with Crippen LogP contribution in [-0.2, 0) is 0 Å². The molecule has 1 aromatic carbocycles. The number of rotatable bonds is 2. The number of allylic oxidation sites excluding steroid dienone is 5. The molecule has 2 rings (SSSR count). The predicted octanol–water partition coefficient (Wildman–Crippen LogP) is 4.59. The van der Waals surface area contributed by atoms with Gasteiger partial charge in [-0.25, -0.2) is 20.2 Å². The highest BCUT2D eigenvalue weighted by Crippen LogP contribution is 2.58. The smallest absolute Gasteiger partial charge is 0.226 e. The molecule has 0 unspecified atom stereocenters. The highest BCUT2D eigenvalue weighted by molar-refractivity contribution is 6.02. The summed E-state index contributed by atoms with van der Waals surface area (Å²) in [5.41, 5.74) is 1.77. The topological polar surface area (TPSA) is 56.3 Å². The van der Waals surface area contributed by atoms with E-state index in [2.05, 4.69) is 16.3 Å². The van der Waals surface area contributed by atoms with Crippen LogP contribution in [0.3, 0.4) is 0 Å². The number of benzene rings is 1. The van der Waals surface area contributed by atoms with Crippen molar-refractivity contribution in [2.75, 3.05) is 0 Å². The first kappa shape index (κ1) is 15.8. The van der Waals surface area contributed by atoms with Gasteiger partial charge in [0, 0.05) is 5.41 Å². The maximum atomic E-state index is 9.36. The van der Waals surface area contributed by atoms with Crippen molar-refractivity contribution in [3.63, 3.8) is 0 Å². The number of nitrogens with zero attached hydrogens (tertiary/aromatic N) is 4. The standard InChI is InChI=1S/C19H12N4/c1-5-10-19(2)17(15(11-20)22-3)13-8-6-7-9-14(13)18(19)16(12-21)23-4/h5-9H,1,10H2,2H3/b17-15-,18-16-. The summed E-state index contributed by atoms with van der Waals surface area (Å²) in [7, 11) is 0. The van der Waals surface area contributed by atoms with Gasteiger partial charge in [0.2, 0.25) is 0 Å². The number of fused-ring (bicyclic) bond motifs is 1. The Morgan fingerprint density at radius 2 is 1.57 bits per heavy atom. The molecule has 1 aliphatic carbocycles. The van der Waals surface area contributed by atoms with E-state index in [0.717, 1.165) is 11.1 Å².